The second kappa shape index (κ2) is 7.07. The molecule has 2 aromatic carbocycles. The molecule has 0 spiro atoms. The van der Waals surface area contributed by atoms with Gasteiger partial charge in [0.05, 0.1) is 25.6 Å². The van der Waals surface area contributed by atoms with Gasteiger partial charge in [0.25, 0.3) is 0 Å². The van der Waals surface area contributed by atoms with Gasteiger partial charge in [-0.05, 0) is 49.2 Å². The lowest BCUT2D eigenvalue weighted by Crippen LogP contribution is -2.26. The number of rotatable bonds is 5. The van der Waals surface area contributed by atoms with Crippen molar-refractivity contribution in [3.05, 3.63) is 57.1 Å². The highest BCUT2D eigenvalue weighted by atomic mass is 35.5. The van der Waals surface area contributed by atoms with E-state index in [9.17, 15) is 8.42 Å². The molecule has 4 aromatic rings. The molecule has 0 fully saturated rings. The Hall–Kier alpha value is -1.64. The van der Waals surface area contributed by atoms with E-state index in [1.165, 1.54) is 11.3 Å². The summed E-state index contributed by atoms with van der Waals surface area (Å²) < 4.78 is 28.7. The minimum atomic E-state index is -3.60. The quantitative estimate of drug-likeness (QED) is 0.463. The van der Waals surface area contributed by atoms with Gasteiger partial charge in [0.15, 0.2) is 0 Å². The number of hydrogen-bond donors (Lipinski definition) is 2. The third-order valence-electron chi connectivity index (χ3n) is 4.41. The zero-order valence-corrected chi connectivity index (χ0v) is 17.4. The zero-order valence-electron chi connectivity index (χ0n) is 14.2. The monoisotopic (exact) mass is 439 g/mol. The summed E-state index contributed by atoms with van der Waals surface area (Å²) in [6.07, 6.45) is 0.509. The molecular formula is C18H15Cl2N3O2S2. The van der Waals surface area contributed by atoms with E-state index in [1.807, 2.05) is 13.0 Å². The number of halogens is 2. The average Bonchev–Trinajstić information content (AvgIpc) is 3.18. The molecule has 0 aliphatic carbocycles. The number of hydrogen-bond acceptors (Lipinski definition) is 4. The van der Waals surface area contributed by atoms with Crippen LogP contribution in [0.5, 0.6) is 0 Å². The first-order chi connectivity index (χ1) is 12.8. The second-order valence-corrected chi connectivity index (χ2v) is 9.67. The number of benzene rings is 2. The number of H-pyrrole nitrogens is 1. The summed E-state index contributed by atoms with van der Waals surface area (Å²) in [4.78, 5) is 7.66. The average molecular weight is 440 g/mol. The zero-order chi connectivity index (χ0) is 19.2. The SMILES string of the molecule is Cc1[nH]c2cc(Cl)cc(Cl)c2c1CCNS(=O)(=O)c1ccc2ncsc2c1. The molecule has 0 unspecified atom stereocenters. The number of aryl methyl sites for hydroxylation is 1. The minimum Gasteiger partial charge on any atom is -0.358 e. The molecule has 0 saturated heterocycles. The van der Waals surface area contributed by atoms with E-state index in [-0.39, 0.29) is 11.4 Å². The van der Waals surface area contributed by atoms with Gasteiger partial charge in [-0.3, -0.25) is 0 Å². The normalized spacial score (nSPS) is 12.3. The molecule has 2 heterocycles. The summed E-state index contributed by atoms with van der Waals surface area (Å²) in [6, 6.07) is 8.43. The Morgan fingerprint density at radius 1 is 1.22 bits per heavy atom. The molecule has 9 heteroatoms. The third-order valence-corrected chi connectivity index (χ3v) is 7.18. The van der Waals surface area contributed by atoms with Crippen molar-refractivity contribution in [2.75, 3.05) is 6.54 Å². The number of aromatic nitrogens is 2. The van der Waals surface area contributed by atoms with E-state index in [1.54, 1.807) is 29.8 Å². The van der Waals surface area contributed by atoms with Crippen molar-refractivity contribution in [2.24, 2.45) is 0 Å². The fourth-order valence-electron chi connectivity index (χ4n) is 3.15. The topological polar surface area (TPSA) is 74.8 Å². The smallest absolute Gasteiger partial charge is 0.240 e. The van der Waals surface area contributed by atoms with Gasteiger partial charge in [0.2, 0.25) is 10.0 Å². The minimum absolute atomic E-state index is 0.236. The van der Waals surface area contributed by atoms with Gasteiger partial charge in [0, 0.05) is 28.2 Å². The number of sulfonamides is 1. The molecule has 0 aliphatic rings. The van der Waals surface area contributed by atoms with Gasteiger partial charge in [0.1, 0.15) is 0 Å². The van der Waals surface area contributed by atoms with Gasteiger partial charge in [-0.2, -0.15) is 0 Å². The van der Waals surface area contributed by atoms with E-state index in [2.05, 4.69) is 14.7 Å². The Labute approximate surface area is 170 Å². The van der Waals surface area contributed by atoms with Crippen LogP contribution in [-0.4, -0.2) is 24.9 Å². The van der Waals surface area contributed by atoms with Gasteiger partial charge < -0.3 is 4.98 Å². The number of nitrogens with zero attached hydrogens (tertiary/aromatic N) is 1. The van der Waals surface area contributed by atoms with Gasteiger partial charge in [-0.1, -0.05) is 23.2 Å². The molecule has 0 amide bonds. The Kier molecular flexibility index (Phi) is 4.90. The summed E-state index contributed by atoms with van der Waals surface area (Å²) >= 11 is 13.8. The fraction of sp³-hybridized carbons (Fsp3) is 0.167. The van der Waals surface area contributed by atoms with E-state index in [0.29, 0.717) is 16.5 Å². The summed E-state index contributed by atoms with van der Waals surface area (Å²) in [6.45, 7) is 2.20. The third kappa shape index (κ3) is 3.58. The van der Waals surface area contributed by atoms with Gasteiger partial charge in [-0.15, -0.1) is 11.3 Å². The first kappa shape index (κ1) is 18.7. The number of nitrogens with one attached hydrogen (secondary N) is 2. The molecule has 5 nitrogen and oxygen atoms in total. The molecule has 2 N–H and O–H groups in total. The molecule has 27 heavy (non-hydrogen) atoms. The largest absolute Gasteiger partial charge is 0.358 e. The number of thiazole rings is 1. The van der Waals surface area contributed by atoms with Crippen molar-refractivity contribution < 1.29 is 8.42 Å². The van der Waals surface area contributed by atoms with Crippen LogP contribution in [0, 0.1) is 6.92 Å². The molecule has 0 radical (unpaired) electrons. The highest BCUT2D eigenvalue weighted by Crippen LogP contribution is 2.32. The fourth-order valence-corrected chi connectivity index (χ4v) is 5.61. The highest BCUT2D eigenvalue weighted by Gasteiger charge is 2.17. The van der Waals surface area contributed by atoms with Crippen molar-refractivity contribution in [3.63, 3.8) is 0 Å². The summed E-state index contributed by atoms with van der Waals surface area (Å²) in [5.41, 5.74) is 5.26. The Morgan fingerprint density at radius 2 is 2.04 bits per heavy atom. The van der Waals surface area contributed by atoms with Crippen LogP contribution in [0.25, 0.3) is 21.1 Å². The molecule has 0 aliphatic heterocycles. The first-order valence-corrected chi connectivity index (χ1v) is 11.3. The lowest BCUT2D eigenvalue weighted by molar-refractivity contribution is 0.582. The number of fused-ring (bicyclic) bond motifs is 2. The maximum absolute atomic E-state index is 12.6. The molecule has 2 aromatic heterocycles. The molecule has 4 rings (SSSR count). The van der Waals surface area contributed by atoms with Crippen LogP contribution >= 0.6 is 34.5 Å². The maximum Gasteiger partial charge on any atom is 0.240 e. The van der Waals surface area contributed by atoms with Crippen LogP contribution in [0.3, 0.4) is 0 Å². The van der Waals surface area contributed by atoms with Gasteiger partial charge >= 0.3 is 0 Å². The first-order valence-electron chi connectivity index (χ1n) is 8.14. The van der Waals surface area contributed by atoms with Crippen molar-refractivity contribution in [3.8, 4) is 0 Å². The van der Waals surface area contributed by atoms with Crippen molar-refractivity contribution in [2.45, 2.75) is 18.2 Å². The summed E-state index contributed by atoms with van der Waals surface area (Å²) in [5.74, 6) is 0. The summed E-state index contributed by atoms with van der Waals surface area (Å²) in [7, 11) is -3.60. The van der Waals surface area contributed by atoms with Gasteiger partial charge in [-0.25, -0.2) is 18.1 Å². The van der Waals surface area contributed by atoms with Crippen LogP contribution in [0.2, 0.25) is 10.0 Å². The van der Waals surface area contributed by atoms with Crippen molar-refractivity contribution >= 4 is 65.7 Å². The maximum atomic E-state index is 12.6. The Morgan fingerprint density at radius 3 is 2.85 bits per heavy atom. The van der Waals surface area contributed by atoms with Crippen LogP contribution < -0.4 is 4.72 Å². The van der Waals surface area contributed by atoms with E-state index in [4.69, 9.17) is 23.2 Å². The Balaban J connectivity index is 1.55. The lowest BCUT2D eigenvalue weighted by Gasteiger charge is -2.08. The molecule has 140 valence electrons. The standard InChI is InChI=1S/C18H15Cl2N3O2S2/c1-10-13(18-14(20)6-11(19)7-16(18)23-10)4-5-22-27(24,25)12-2-3-15-17(8-12)26-9-21-15/h2-3,6-9,22-23H,4-5H2,1H3. The summed E-state index contributed by atoms with van der Waals surface area (Å²) in [5, 5.41) is 1.98. The van der Waals surface area contributed by atoms with Crippen LogP contribution in [0.1, 0.15) is 11.3 Å². The number of aromatic amines is 1. The predicted molar refractivity (Wildman–Crippen MR) is 112 cm³/mol. The van der Waals surface area contributed by atoms with Crippen molar-refractivity contribution in [1.29, 1.82) is 0 Å². The second-order valence-electron chi connectivity index (χ2n) is 6.17. The lowest BCUT2D eigenvalue weighted by atomic mass is 10.1. The molecule has 0 atom stereocenters. The van der Waals surface area contributed by atoms with E-state index >= 15 is 0 Å². The van der Waals surface area contributed by atoms with Crippen LogP contribution in [0.15, 0.2) is 40.7 Å². The van der Waals surface area contributed by atoms with Crippen LogP contribution in [0.4, 0.5) is 0 Å². The van der Waals surface area contributed by atoms with Crippen molar-refractivity contribution in [1.82, 2.24) is 14.7 Å². The highest BCUT2D eigenvalue weighted by molar-refractivity contribution is 7.89. The van der Waals surface area contributed by atoms with E-state index in [0.717, 1.165) is 32.4 Å². The Bertz CT molecular complexity index is 1260. The van der Waals surface area contributed by atoms with Crippen LogP contribution in [-0.2, 0) is 16.4 Å². The molecule has 0 saturated carbocycles. The molecule has 0 bridgehead atoms. The van der Waals surface area contributed by atoms with E-state index < -0.39 is 10.0 Å². The predicted octanol–water partition coefficient (Wildman–Crippen LogP) is 4.91. The molecular weight excluding hydrogens is 425 g/mol.